The van der Waals surface area contributed by atoms with Gasteiger partial charge in [-0.25, -0.2) is 4.39 Å². The van der Waals surface area contributed by atoms with Gasteiger partial charge in [0.1, 0.15) is 17.2 Å². The normalized spacial score (nSPS) is 13.1. The van der Waals surface area contributed by atoms with Gasteiger partial charge < -0.3 is 9.88 Å². The quantitative estimate of drug-likeness (QED) is 0.257. The third-order valence-corrected chi connectivity index (χ3v) is 7.33. The van der Waals surface area contributed by atoms with Gasteiger partial charge in [-0.2, -0.15) is 0 Å². The van der Waals surface area contributed by atoms with Gasteiger partial charge in [0.15, 0.2) is 0 Å². The second-order valence-electron chi connectivity index (χ2n) is 8.97. The van der Waals surface area contributed by atoms with Crippen molar-refractivity contribution in [2.24, 2.45) is 0 Å². The molecule has 180 valence electrons. The molecule has 0 bridgehead atoms. The van der Waals surface area contributed by atoms with E-state index >= 15 is 0 Å². The summed E-state index contributed by atoms with van der Waals surface area (Å²) in [7, 11) is 0. The molecule has 0 aliphatic carbocycles. The van der Waals surface area contributed by atoms with E-state index in [9.17, 15) is 9.18 Å². The van der Waals surface area contributed by atoms with Gasteiger partial charge in [-0.15, -0.1) is 0 Å². The summed E-state index contributed by atoms with van der Waals surface area (Å²) >= 11 is 12.6. The Morgan fingerprint density at radius 3 is 2.36 bits per heavy atom. The fraction of sp³-hybridized carbons (Fsp3) is 0.138. The van der Waals surface area contributed by atoms with Crippen LogP contribution in [0.4, 0.5) is 10.1 Å². The van der Waals surface area contributed by atoms with E-state index in [0.29, 0.717) is 21.4 Å². The topological polar surface area (TPSA) is 38.4 Å². The van der Waals surface area contributed by atoms with E-state index < -0.39 is 0 Å². The molecule has 7 heteroatoms. The number of anilines is 1. The molecule has 0 unspecified atom stereocenters. The maximum Gasteiger partial charge on any atom is 0.273 e. The Morgan fingerprint density at radius 2 is 1.61 bits per heavy atom. The molecule has 1 aliphatic rings. The van der Waals surface area contributed by atoms with Crippen molar-refractivity contribution in [1.82, 2.24) is 8.97 Å². The van der Waals surface area contributed by atoms with Crippen LogP contribution in [0.3, 0.4) is 0 Å². The molecular formula is C29H22Cl2FN3O. The first-order valence-corrected chi connectivity index (χ1v) is 12.6. The molecule has 1 N–H and O–H groups in total. The Hall–Kier alpha value is -3.54. The average molecular weight is 518 g/mol. The summed E-state index contributed by atoms with van der Waals surface area (Å²) < 4.78 is 17.9. The zero-order valence-electron chi connectivity index (χ0n) is 19.3. The van der Waals surface area contributed by atoms with Crippen LogP contribution in [-0.2, 0) is 13.0 Å². The monoisotopic (exact) mass is 517 g/mol. The van der Waals surface area contributed by atoms with E-state index in [1.54, 1.807) is 24.3 Å². The molecule has 5 aromatic rings. The minimum Gasteiger partial charge on any atom is -0.325 e. The molecule has 0 saturated carbocycles. The highest BCUT2D eigenvalue weighted by atomic mass is 35.5. The van der Waals surface area contributed by atoms with Gasteiger partial charge in [-0.1, -0.05) is 47.5 Å². The predicted octanol–water partition coefficient (Wildman–Crippen LogP) is 8.11. The van der Waals surface area contributed by atoms with E-state index in [1.165, 1.54) is 12.1 Å². The van der Waals surface area contributed by atoms with Crippen LogP contribution >= 0.6 is 23.2 Å². The summed E-state index contributed by atoms with van der Waals surface area (Å²) in [4.78, 5) is 13.9. The number of nitrogens with one attached hydrogen (secondary N) is 1. The Balaban J connectivity index is 1.62. The zero-order chi connectivity index (χ0) is 24.8. The van der Waals surface area contributed by atoms with Crippen LogP contribution in [0.5, 0.6) is 0 Å². The molecule has 36 heavy (non-hydrogen) atoms. The number of halogens is 3. The average Bonchev–Trinajstić information content (AvgIpc) is 3.29. The Kier molecular flexibility index (Phi) is 5.82. The molecule has 3 aromatic carbocycles. The molecule has 4 nitrogen and oxygen atoms in total. The molecule has 2 aromatic heterocycles. The van der Waals surface area contributed by atoms with Crippen LogP contribution in [0.1, 0.15) is 28.9 Å². The lowest BCUT2D eigenvalue weighted by molar-refractivity contribution is 0.102. The van der Waals surface area contributed by atoms with Gasteiger partial charge in [0.05, 0.1) is 16.4 Å². The fourth-order valence-corrected chi connectivity index (χ4v) is 5.44. The van der Waals surface area contributed by atoms with Crippen molar-refractivity contribution >= 4 is 40.4 Å². The van der Waals surface area contributed by atoms with Crippen LogP contribution in [0, 0.1) is 5.82 Å². The summed E-state index contributed by atoms with van der Waals surface area (Å²) in [6.45, 7) is 0.811. The highest BCUT2D eigenvalue weighted by Crippen LogP contribution is 2.40. The number of aryl methyl sites for hydroxylation is 2. The molecule has 1 aliphatic heterocycles. The molecule has 0 saturated heterocycles. The number of benzene rings is 3. The van der Waals surface area contributed by atoms with Gasteiger partial charge in [0.25, 0.3) is 5.91 Å². The summed E-state index contributed by atoms with van der Waals surface area (Å²) in [6.07, 6.45) is 4.83. The van der Waals surface area contributed by atoms with Gasteiger partial charge in [0, 0.05) is 28.9 Å². The number of amides is 1. The first-order valence-electron chi connectivity index (χ1n) is 11.9. The number of rotatable bonds is 4. The smallest absolute Gasteiger partial charge is 0.273 e. The maximum absolute atomic E-state index is 13.9. The van der Waals surface area contributed by atoms with Crippen molar-refractivity contribution in [2.75, 3.05) is 5.32 Å². The van der Waals surface area contributed by atoms with Crippen LogP contribution in [0.25, 0.3) is 28.0 Å². The molecule has 0 fully saturated rings. The van der Waals surface area contributed by atoms with Crippen LogP contribution in [-0.4, -0.2) is 14.9 Å². The van der Waals surface area contributed by atoms with E-state index in [-0.39, 0.29) is 11.7 Å². The molecule has 3 heterocycles. The second-order valence-corrected chi connectivity index (χ2v) is 9.81. The van der Waals surface area contributed by atoms with Crippen LogP contribution < -0.4 is 5.32 Å². The number of hydrogen-bond donors (Lipinski definition) is 1. The Morgan fingerprint density at radius 1 is 0.889 bits per heavy atom. The first-order chi connectivity index (χ1) is 17.5. The number of para-hydroxylation sites is 1. The van der Waals surface area contributed by atoms with Gasteiger partial charge >= 0.3 is 0 Å². The molecule has 0 spiro atoms. The van der Waals surface area contributed by atoms with E-state index in [0.717, 1.165) is 59.4 Å². The van der Waals surface area contributed by atoms with Crippen molar-refractivity contribution in [3.8, 4) is 22.4 Å². The predicted molar refractivity (Wildman–Crippen MR) is 144 cm³/mol. The van der Waals surface area contributed by atoms with Crippen molar-refractivity contribution in [1.29, 1.82) is 0 Å². The van der Waals surface area contributed by atoms with E-state index in [2.05, 4.69) is 9.88 Å². The second kappa shape index (κ2) is 9.16. The van der Waals surface area contributed by atoms with Crippen LogP contribution in [0.15, 0.2) is 79.0 Å². The van der Waals surface area contributed by atoms with E-state index in [1.807, 2.05) is 47.0 Å². The number of hydrogen-bond acceptors (Lipinski definition) is 1. The number of carbonyl (C=O) groups excluding carboxylic acids is 1. The van der Waals surface area contributed by atoms with E-state index in [4.69, 9.17) is 23.2 Å². The largest absolute Gasteiger partial charge is 0.325 e. The van der Waals surface area contributed by atoms with Gasteiger partial charge in [-0.05, 0) is 78.9 Å². The maximum atomic E-state index is 13.9. The standard InChI is InChI=1S/C29H22Cl2FN3O/c30-20-12-8-19(9-13-20)26-22-5-3-4-16-34-25(18-10-14-21(32)15-11-18)17-35(29(22)34)27(26)28(36)33-24-7-2-1-6-23(24)31/h1-2,6-15,17H,3-5,16H2,(H,33,36). The lowest BCUT2D eigenvalue weighted by Crippen LogP contribution is -2.15. The third-order valence-electron chi connectivity index (χ3n) is 6.74. The van der Waals surface area contributed by atoms with Crippen molar-refractivity contribution < 1.29 is 9.18 Å². The SMILES string of the molecule is O=C(Nc1ccccc1Cl)c1c(-c2ccc(Cl)cc2)c2c3n(c(-c4ccc(F)cc4)cn13)CCCC2. The molecular weight excluding hydrogens is 496 g/mol. The lowest BCUT2D eigenvalue weighted by Gasteiger charge is -2.11. The number of nitrogens with zero attached hydrogens (tertiary/aromatic N) is 2. The number of aromatic nitrogens is 2. The molecule has 0 atom stereocenters. The van der Waals surface area contributed by atoms with Crippen LogP contribution in [0.2, 0.25) is 10.0 Å². The molecule has 1 amide bonds. The fourth-order valence-electron chi connectivity index (χ4n) is 5.13. The van der Waals surface area contributed by atoms with Gasteiger partial charge in [0.2, 0.25) is 0 Å². The van der Waals surface area contributed by atoms with Gasteiger partial charge in [-0.3, -0.25) is 9.20 Å². The first kappa shape index (κ1) is 22.9. The third kappa shape index (κ3) is 3.89. The Bertz CT molecular complexity index is 1600. The summed E-state index contributed by atoms with van der Waals surface area (Å²) in [6, 6.07) is 21.3. The zero-order valence-corrected chi connectivity index (χ0v) is 20.8. The van der Waals surface area contributed by atoms with Crippen molar-refractivity contribution in [2.45, 2.75) is 25.8 Å². The Labute approximate surface area is 217 Å². The summed E-state index contributed by atoms with van der Waals surface area (Å²) in [5.74, 6) is -0.531. The highest BCUT2D eigenvalue weighted by molar-refractivity contribution is 6.34. The van der Waals surface area contributed by atoms with Crippen molar-refractivity contribution in [3.05, 3.63) is 106 Å². The molecule has 0 radical (unpaired) electrons. The highest BCUT2D eigenvalue weighted by Gasteiger charge is 2.29. The number of imidazole rings is 1. The molecule has 6 rings (SSSR count). The minimum atomic E-state index is -0.279. The summed E-state index contributed by atoms with van der Waals surface area (Å²) in [5.41, 5.74) is 6.86. The minimum absolute atomic E-state index is 0.252. The number of carbonyl (C=O) groups is 1. The summed E-state index contributed by atoms with van der Waals surface area (Å²) in [5, 5.41) is 4.12. The van der Waals surface area contributed by atoms with Crippen molar-refractivity contribution in [3.63, 3.8) is 0 Å². The lowest BCUT2D eigenvalue weighted by atomic mass is 9.97.